The second-order valence-corrected chi connectivity index (χ2v) is 10.4. The third-order valence-corrected chi connectivity index (χ3v) is 8.35. The van der Waals surface area contributed by atoms with Gasteiger partial charge in [-0.2, -0.15) is 5.26 Å². The molecule has 3 heterocycles. The smallest absolute Gasteiger partial charge is 0.161 e. The second kappa shape index (κ2) is 8.11. The third-order valence-electron chi connectivity index (χ3n) is 8.35. The van der Waals surface area contributed by atoms with Crippen molar-refractivity contribution in [1.29, 1.82) is 5.26 Å². The van der Waals surface area contributed by atoms with E-state index in [-0.39, 0.29) is 0 Å². The van der Waals surface area contributed by atoms with E-state index in [1.807, 2.05) is 24.3 Å². The average molecular weight is 524 g/mol. The van der Waals surface area contributed by atoms with Crippen LogP contribution >= 0.6 is 0 Å². The number of furan rings is 1. The van der Waals surface area contributed by atoms with E-state index < -0.39 is 0 Å². The van der Waals surface area contributed by atoms with Crippen LogP contribution in [-0.2, 0) is 0 Å². The Balaban J connectivity index is 1.53. The van der Waals surface area contributed by atoms with Gasteiger partial charge in [-0.1, -0.05) is 91.0 Å². The number of aromatic nitrogens is 2. The minimum Gasteiger partial charge on any atom is -0.454 e. The maximum absolute atomic E-state index is 10.8. The van der Waals surface area contributed by atoms with Crippen molar-refractivity contribution in [1.82, 2.24) is 9.13 Å². The zero-order chi connectivity index (χ0) is 27.1. The molecule has 4 heteroatoms. The summed E-state index contributed by atoms with van der Waals surface area (Å²) in [4.78, 5) is 0. The van der Waals surface area contributed by atoms with Crippen molar-refractivity contribution in [2.75, 3.05) is 0 Å². The molecule has 0 fully saturated rings. The minimum atomic E-state index is 0.590. The molecule has 0 radical (unpaired) electrons. The van der Waals surface area contributed by atoms with E-state index in [1.54, 1.807) is 0 Å². The highest BCUT2D eigenvalue weighted by atomic mass is 16.3. The summed E-state index contributed by atoms with van der Waals surface area (Å²) in [5.41, 5.74) is 8.10. The van der Waals surface area contributed by atoms with Crippen LogP contribution in [0.25, 0.3) is 76.9 Å². The SMILES string of the molecule is N#Cc1cc(-n2c3ccccc3c3ccccc32)c2oc3ccccc3c2c1-n1c2ccccc2c2ccccc21. The molecule has 0 atom stereocenters. The molecule has 3 aromatic heterocycles. The first kappa shape index (κ1) is 22.1. The minimum absolute atomic E-state index is 0.590. The number of benzene rings is 6. The number of nitriles is 1. The maximum atomic E-state index is 10.8. The molecule has 4 nitrogen and oxygen atoms in total. The summed E-state index contributed by atoms with van der Waals surface area (Å²) >= 11 is 0. The molecule has 0 unspecified atom stereocenters. The van der Waals surface area contributed by atoms with Gasteiger partial charge in [0.05, 0.1) is 44.4 Å². The molecule has 0 aliphatic heterocycles. The van der Waals surface area contributed by atoms with Crippen molar-refractivity contribution >= 4 is 65.6 Å². The molecule has 0 bridgehead atoms. The topological polar surface area (TPSA) is 46.8 Å². The van der Waals surface area contributed by atoms with Crippen molar-refractivity contribution in [2.24, 2.45) is 0 Å². The molecule has 0 aliphatic rings. The summed E-state index contributed by atoms with van der Waals surface area (Å²) in [5, 5.41) is 17.3. The Bertz CT molecular complexity index is 2450. The predicted octanol–water partition coefficient (Wildman–Crippen LogP) is 9.65. The molecule has 41 heavy (non-hydrogen) atoms. The van der Waals surface area contributed by atoms with Crippen LogP contribution in [0.1, 0.15) is 5.56 Å². The summed E-state index contributed by atoms with van der Waals surface area (Å²) in [6, 6.07) is 46.4. The van der Waals surface area contributed by atoms with E-state index in [9.17, 15) is 5.26 Å². The number of fused-ring (bicyclic) bond motifs is 9. The molecule has 9 aromatic rings. The Morgan fingerprint density at radius 3 is 1.46 bits per heavy atom. The van der Waals surface area contributed by atoms with Gasteiger partial charge in [0.25, 0.3) is 0 Å². The third kappa shape index (κ3) is 2.87. The fraction of sp³-hybridized carbons (Fsp3) is 0. The first-order valence-electron chi connectivity index (χ1n) is 13.7. The van der Waals surface area contributed by atoms with Crippen LogP contribution in [0.3, 0.4) is 0 Å². The van der Waals surface area contributed by atoms with Gasteiger partial charge in [0, 0.05) is 26.9 Å². The van der Waals surface area contributed by atoms with Crippen LogP contribution in [0.5, 0.6) is 0 Å². The largest absolute Gasteiger partial charge is 0.454 e. The molecule has 0 spiro atoms. The van der Waals surface area contributed by atoms with Crippen molar-refractivity contribution in [3.8, 4) is 17.4 Å². The summed E-state index contributed by atoms with van der Waals surface area (Å²) < 4.78 is 11.2. The molecular formula is C37H21N3O. The molecule has 0 saturated carbocycles. The second-order valence-electron chi connectivity index (χ2n) is 10.4. The normalized spacial score (nSPS) is 11.9. The fourth-order valence-electron chi connectivity index (χ4n) is 6.70. The van der Waals surface area contributed by atoms with E-state index in [4.69, 9.17) is 4.42 Å². The average Bonchev–Trinajstić information content (AvgIpc) is 3.69. The van der Waals surface area contributed by atoms with E-state index in [0.29, 0.717) is 5.56 Å². The van der Waals surface area contributed by atoms with E-state index in [0.717, 1.165) is 76.9 Å². The number of hydrogen-bond acceptors (Lipinski definition) is 2. The van der Waals surface area contributed by atoms with E-state index >= 15 is 0 Å². The van der Waals surface area contributed by atoms with Gasteiger partial charge < -0.3 is 13.6 Å². The Labute approximate surface area is 234 Å². The van der Waals surface area contributed by atoms with Gasteiger partial charge in [-0.25, -0.2) is 0 Å². The molecule has 6 aromatic carbocycles. The first-order valence-corrected chi connectivity index (χ1v) is 13.7. The first-order chi connectivity index (χ1) is 20.3. The summed E-state index contributed by atoms with van der Waals surface area (Å²) in [6.07, 6.45) is 0. The molecule has 9 rings (SSSR count). The standard InChI is InChI=1S/C37H21N3O/c38-22-23-21-33(39-29-16-6-1-11-24(29)25-12-2-7-17-30(25)39)37-35(28-15-5-10-20-34(28)41-37)36(23)40-31-18-8-3-13-26(31)27-14-4-9-19-32(27)40/h1-21H. The maximum Gasteiger partial charge on any atom is 0.161 e. The summed E-state index contributed by atoms with van der Waals surface area (Å²) in [6.45, 7) is 0. The summed E-state index contributed by atoms with van der Waals surface area (Å²) in [5.74, 6) is 0. The van der Waals surface area contributed by atoms with Crippen molar-refractivity contribution in [3.05, 3.63) is 133 Å². The number of para-hydroxylation sites is 5. The number of nitrogens with zero attached hydrogens (tertiary/aromatic N) is 3. The Morgan fingerprint density at radius 1 is 0.512 bits per heavy atom. The van der Waals surface area contributed by atoms with Crippen LogP contribution in [0.2, 0.25) is 0 Å². The lowest BCUT2D eigenvalue weighted by atomic mass is 10.0. The zero-order valence-electron chi connectivity index (χ0n) is 21.9. The van der Waals surface area contributed by atoms with Crippen LogP contribution < -0.4 is 0 Å². The van der Waals surface area contributed by atoms with Crippen LogP contribution in [0.4, 0.5) is 0 Å². The molecule has 0 N–H and O–H groups in total. The van der Waals surface area contributed by atoms with Gasteiger partial charge in [-0.3, -0.25) is 0 Å². The van der Waals surface area contributed by atoms with Gasteiger partial charge in [-0.15, -0.1) is 0 Å². The summed E-state index contributed by atoms with van der Waals surface area (Å²) in [7, 11) is 0. The van der Waals surface area contributed by atoms with Crippen molar-refractivity contribution in [3.63, 3.8) is 0 Å². The Hall–Kier alpha value is -5.79. The lowest BCUT2D eigenvalue weighted by Gasteiger charge is -2.15. The van der Waals surface area contributed by atoms with Crippen LogP contribution in [0, 0.1) is 11.3 Å². The van der Waals surface area contributed by atoms with Crippen LogP contribution in [-0.4, -0.2) is 9.13 Å². The molecule has 0 amide bonds. The van der Waals surface area contributed by atoms with Crippen LogP contribution in [0.15, 0.2) is 132 Å². The lowest BCUT2D eigenvalue weighted by Crippen LogP contribution is -2.02. The van der Waals surface area contributed by atoms with E-state index in [2.05, 4.69) is 118 Å². The number of rotatable bonds is 2. The van der Waals surface area contributed by atoms with Gasteiger partial charge >= 0.3 is 0 Å². The number of hydrogen-bond donors (Lipinski definition) is 0. The molecule has 0 saturated heterocycles. The van der Waals surface area contributed by atoms with Gasteiger partial charge in [-0.05, 0) is 36.4 Å². The van der Waals surface area contributed by atoms with E-state index in [1.165, 1.54) is 0 Å². The van der Waals surface area contributed by atoms with Crippen molar-refractivity contribution < 1.29 is 4.42 Å². The highest BCUT2D eigenvalue weighted by Crippen LogP contribution is 2.44. The quantitative estimate of drug-likeness (QED) is 0.226. The van der Waals surface area contributed by atoms with Gasteiger partial charge in [0.1, 0.15) is 11.7 Å². The predicted molar refractivity (Wildman–Crippen MR) is 167 cm³/mol. The zero-order valence-corrected chi connectivity index (χ0v) is 21.9. The van der Waals surface area contributed by atoms with Gasteiger partial charge in [0.2, 0.25) is 0 Å². The monoisotopic (exact) mass is 523 g/mol. The Morgan fingerprint density at radius 2 is 0.951 bits per heavy atom. The highest BCUT2D eigenvalue weighted by Gasteiger charge is 2.25. The molecule has 190 valence electrons. The lowest BCUT2D eigenvalue weighted by molar-refractivity contribution is 0.666. The molecular weight excluding hydrogens is 502 g/mol. The Kier molecular flexibility index (Phi) is 4.37. The highest BCUT2D eigenvalue weighted by molar-refractivity contribution is 6.18. The molecule has 0 aliphatic carbocycles. The fourth-order valence-corrected chi connectivity index (χ4v) is 6.70. The van der Waals surface area contributed by atoms with Crippen molar-refractivity contribution in [2.45, 2.75) is 0 Å². The van der Waals surface area contributed by atoms with Gasteiger partial charge in [0.15, 0.2) is 5.58 Å².